The summed E-state index contributed by atoms with van der Waals surface area (Å²) in [5.74, 6) is -0.231. The molecule has 9 heteroatoms. The van der Waals surface area contributed by atoms with E-state index in [2.05, 4.69) is 48.9 Å². The van der Waals surface area contributed by atoms with Crippen molar-refractivity contribution in [2.45, 2.75) is 56.4 Å². The minimum Gasteiger partial charge on any atom is -0.411 e. The van der Waals surface area contributed by atoms with Gasteiger partial charge in [0.15, 0.2) is 8.32 Å². The van der Waals surface area contributed by atoms with E-state index in [9.17, 15) is 8.42 Å². The van der Waals surface area contributed by atoms with Crippen LogP contribution in [0.1, 0.15) is 32.2 Å². The first-order valence-electron chi connectivity index (χ1n) is 8.08. The summed E-state index contributed by atoms with van der Waals surface area (Å²) >= 11 is 0. The van der Waals surface area contributed by atoms with Crippen LogP contribution in [0, 0.1) is 0 Å². The number of hydrogen-bond acceptors (Lipinski definition) is 6. The minimum atomic E-state index is -3.61. The van der Waals surface area contributed by atoms with E-state index < -0.39 is 18.2 Å². The molecule has 0 aromatic carbocycles. The van der Waals surface area contributed by atoms with Crippen molar-refractivity contribution >= 4 is 18.2 Å². The van der Waals surface area contributed by atoms with Gasteiger partial charge in [-0.15, -0.1) is 0 Å². The van der Waals surface area contributed by atoms with Crippen LogP contribution in [0.15, 0.2) is 29.7 Å². The van der Waals surface area contributed by atoms with Crippen molar-refractivity contribution in [1.29, 1.82) is 0 Å². The molecule has 0 fully saturated rings. The third-order valence-electron chi connectivity index (χ3n) is 4.57. The highest BCUT2D eigenvalue weighted by molar-refractivity contribution is 7.90. The van der Waals surface area contributed by atoms with Crippen LogP contribution in [0.4, 0.5) is 0 Å². The molecule has 0 saturated carbocycles. The lowest BCUT2D eigenvalue weighted by atomic mass is 10.2. The van der Waals surface area contributed by atoms with Gasteiger partial charge in [-0.3, -0.25) is 4.68 Å². The first-order chi connectivity index (χ1) is 11.4. The molecular weight excluding hydrogens is 356 g/mol. The van der Waals surface area contributed by atoms with Crippen LogP contribution in [0.3, 0.4) is 0 Å². The largest absolute Gasteiger partial charge is 0.411 e. The van der Waals surface area contributed by atoms with Gasteiger partial charge in [-0.05, 0) is 30.3 Å². The predicted molar refractivity (Wildman–Crippen MR) is 98.1 cm³/mol. The van der Waals surface area contributed by atoms with Gasteiger partial charge in [0.2, 0.25) is 15.0 Å². The highest BCUT2D eigenvalue weighted by atomic mass is 32.2. The fourth-order valence-corrected chi connectivity index (χ4v) is 4.00. The van der Waals surface area contributed by atoms with Crippen molar-refractivity contribution in [2.75, 3.05) is 0 Å². The van der Waals surface area contributed by atoms with Crippen molar-refractivity contribution < 1.29 is 12.8 Å². The molecule has 2 rings (SSSR count). The highest BCUT2D eigenvalue weighted by Gasteiger charge is 2.37. The highest BCUT2D eigenvalue weighted by Crippen LogP contribution is 2.37. The fourth-order valence-electron chi connectivity index (χ4n) is 1.95. The summed E-state index contributed by atoms with van der Waals surface area (Å²) in [5.41, 5.74) is 1.31. The van der Waals surface area contributed by atoms with E-state index >= 15 is 0 Å². The standard InChI is InChI=1S/C16H26N4O3SSi/c1-16(2,3)25(5,6)23-11-14-10-13(19-20(14)4)12-24(21,22)15-17-8-7-9-18-15/h7-10H,11-12H2,1-6H3. The lowest BCUT2D eigenvalue weighted by molar-refractivity contribution is 0.266. The fraction of sp³-hybridized carbons (Fsp3) is 0.562. The van der Waals surface area contributed by atoms with Crippen molar-refractivity contribution in [3.8, 4) is 0 Å². The molecule has 0 bridgehead atoms. The summed E-state index contributed by atoms with van der Waals surface area (Å²) in [6.07, 6.45) is 2.83. The van der Waals surface area contributed by atoms with Crippen LogP contribution in [-0.2, 0) is 33.7 Å². The van der Waals surface area contributed by atoms with Gasteiger partial charge in [0, 0.05) is 19.4 Å². The molecule has 0 aliphatic heterocycles. The van der Waals surface area contributed by atoms with Gasteiger partial charge in [0.25, 0.3) is 0 Å². The van der Waals surface area contributed by atoms with E-state index in [-0.39, 0.29) is 15.9 Å². The summed E-state index contributed by atoms with van der Waals surface area (Å²) in [4.78, 5) is 7.64. The molecule has 25 heavy (non-hydrogen) atoms. The molecule has 0 aliphatic rings. The lowest BCUT2D eigenvalue weighted by Crippen LogP contribution is -2.40. The molecule has 2 aromatic rings. The average molecular weight is 383 g/mol. The second kappa shape index (κ2) is 6.97. The SMILES string of the molecule is Cn1nc(CS(=O)(=O)c2ncccn2)cc1CO[Si](C)(C)C(C)(C)C. The maximum absolute atomic E-state index is 12.4. The Bertz CT molecular complexity index is 827. The second-order valence-corrected chi connectivity index (χ2v) is 14.3. The van der Waals surface area contributed by atoms with E-state index in [1.54, 1.807) is 23.9 Å². The van der Waals surface area contributed by atoms with Crippen molar-refractivity contribution in [2.24, 2.45) is 7.05 Å². The zero-order valence-electron chi connectivity index (χ0n) is 15.6. The first-order valence-corrected chi connectivity index (χ1v) is 12.6. The van der Waals surface area contributed by atoms with Gasteiger partial charge in [0.05, 0.1) is 18.0 Å². The van der Waals surface area contributed by atoms with Gasteiger partial charge in [-0.25, -0.2) is 18.4 Å². The topological polar surface area (TPSA) is 87.0 Å². The molecule has 0 radical (unpaired) electrons. The summed E-state index contributed by atoms with van der Waals surface area (Å²) in [6, 6.07) is 3.35. The Hall–Kier alpha value is -1.58. The van der Waals surface area contributed by atoms with Gasteiger partial charge >= 0.3 is 0 Å². The Morgan fingerprint density at radius 3 is 2.36 bits per heavy atom. The molecule has 2 aromatic heterocycles. The van der Waals surface area contributed by atoms with E-state index in [1.165, 1.54) is 12.4 Å². The maximum Gasteiger partial charge on any atom is 0.247 e. The third kappa shape index (κ3) is 4.74. The number of sulfone groups is 1. The van der Waals surface area contributed by atoms with Gasteiger partial charge in [-0.2, -0.15) is 5.10 Å². The summed E-state index contributed by atoms with van der Waals surface area (Å²) in [7, 11) is -3.70. The Balaban J connectivity index is 2.13. The number of aromatic nitrogens is 4. The average Bonchev–Trinajstić information content (AvgIpc) is 2.84. The van der Waals surface area contributed by atoms with Crippen LogP contribution < -0.4 is 0 Å². The molecule has 0 saturated heterocycles. The number of hydrogen-bond donors (Lipinski definition) is 0. The van der Waals surface area contributed by atoms with Crippen molar-refractivity contribution in [1.82, 2.24) is 19.7 Å². The van der Waals surface area contributed by atoms with Crippen molar-refractivity contribution in [3.63, 3.8) is 0 Å². The molecule has 0 atom stereocenters. The van der Waals surface area contributed by atoms with Crippen molar-refractivity contribution in [3.05, 3.63) is 35.9 Å². The summed E-state index contributed by atoms with van der Waals surface area (Å²) in [5, 5.41) is 4.23. The monoisotopic (exact) mass is 382 g/mol. The molecule has 0 spiro atoms. The van der Waals surface area contributed by atoms with Gasteiger partial charge < -0.3 is 4.43 Å². The molecule has 138 valence electrons. The Morgan fingerprint density at radius 2 is 1.80 bits per heavy atom. The molecule has 2 heterocycles. The van der Waals surface area contributed by atoms with Crippen LogP contribution in [0.25, 0.3) is 0 Å². The number of nitrogens with zero attached hydrogens (tertiary/aromatic N) is 4. The minimum absolute atomic E-state index is 0.114. The predicted octanol–water partition coefficient (Wildman–Crippen LogP) is 2.71. The number of rotatable bonds is 6. The van der Waals surface area contributed by atoms with Crippen LogP contribution in [0.5, 0.6) is 0 Å². The summed E-state index contributed by atoms with van der Waals surface area (Å²) in [6.45, 7) is 11.3. The van der Waals surface area contributed by atoms with E-state index in [4.69, 9.17) is 4.43 Å². The smallest absolute Gasteiger partial charge is 0.247 e. The molecule has 7 nitrogen and oxygen atoms in total. The second-order valence-electron chi connectivity index (χ2n) is 7.59. The Kier molecular flexibility index (Phi) is 5.50. The van der Waals surface area contributed by atoms with Gasteiger partial charge in [-0.1, -0.05) is 20.8 Å². The van der Waals surface area contributed by atoms with Gasteiger partial charge in [0.1, 0.15) is 5.75 Å². The Labute approximate surface area is 150 Å². The van der Waals surface area contributed by atoms with E-state index in [0.29, 0.717) is 12.3 Å². The number of aryl methyl sites for hydroxylation is 1. The molecule has 0 unspecified atom stereocenters. The van der Waals surface area contributed by atoms with Crippen LogP contribution >= 0.6 is 0 Å². The Morgan fingerprint density at radius 1 is 1.20 bits per heavy atom. The third-order valence-corrected chi connectivity index (χ3v) is 10.5. The zero-order chi connectivity index (χ0) is 18.9. The van der Waals surface area contributed by atoms with E-state index in [0.717, 1.165) is 5.69 Å². The summed E-state index contributed by atoms with van der Waals surface area (Å²) < 4.78 is 32.6. The zero-order valence-corrected chi connectivity index (χ0v) is 17.5. The molecule has 0 amide bonds. The normalized spacial score (nSPS) is 13.2. The molecule has 0 N–H and O–H groups in total. The van der Waals surface area contributed by atoms with E-state index in [1.807, 2.05) is 0 Å². The molecule has 0 aliphatic carbocycles. The molecular formula is C16H26N4O3SSi. The lowest BCUT2D eigenvalue weighted by Gasteiger charge is -2.36. The van der Waals surface area contributed by atoms with Crippen LogP contribution in [-0.4, -0.2) is 36.5 Å². The van der Waals surface area contributed by atoms with Crippen LogP contribution in [0.2, 0.25) is 18.1 Å². The first kappa shape index (κ1) is 19.7. The quantitative estimate of drug-likeness (QED) is 0.564. The maximum atomic E-state index is 12.4.